The fourth-order valence-electron chi connectivity index (χ4n) is 2.10. The van der Waals surface area contributed by atoms with Gasteiger partial charge in [-0.05, 0) is 50.8 Å². The predicted molar refractivity (Wildman–Crippen MR) is 84.5 cm³/mol. The van der Waals surface area contributed by atoms with Gasteiger partial charge in [-0.1, -0.05) is 0 Å². The second kappa shape index (κ2) is 7.17. The van der Waals surface area contributed by atoms with Crippen LogP contribution in [0.1, 0.15) is 12.8 Å². The topological polar surface area (TPSA) is 66.8 Å². The number of hydrogen-bond acceptors (Lipinski definition) is 5. The molecule has 114 valence electrons. The summed E-state index contributed by atoms with van der Waals surface area (Å²) in [5.74, 6) is 0. The molecule has 9 heteroatoms. The van der Waals surface area contributed by atoms with Crippen molar-refractivity contribution in [1.29, 1.82) is 0 Å². The van der Waals surface area contributed by atoms with E-state index in [-0.39, 0.29) is 12.7 Å². The molecule has 1 aromatic heterocycles. The lowest BCUT2D eigenvalue weighted by Crippen LogP contribution is -2.41. The van der Waals surface area contributed by atoms with Gasteiger partial charge in [0.25, 0.3) is 0 Å². The van der Waals surface area contributed by atoms with E-state index in [9.17, 15) is 8.42 Å². The minimum atomic E-state index is -3.45. The van der Waals surface area contributed by atoms with Crippen molar-refractivity contribution in [2.24, 2.45) is 0 Å². The summed E-state index contributed by atoms with van der Waals surface area (Å²) in [5.41, 5.74) is 0. The maximum atomic E-state index is 12.5. The Balaban J connectivity index is 2.04. The van der Waals surface area contributed by atoms with Gasteiger partial charge < -0.3 is 9.84 Å². The van der Waals surface area contributed by atoms with Gasteiger partial charge in [-0.3, -0.25) is 0 Å². The average Bonchev–Trinajstić information content (AvgIpc) is 2.76. The summed E-state index contributed by atoms with van der Waals surface area (Å²) in [6.07, 6.45) is 1.34. The van der Waals surface area contributed by atoms with Crippen molar-refractivity contribution < 1.29 is 18.3 Å². The zero-order valence-electron chi connectivity index (χ0n) is 10.6. The largest absolute Gasteiger partial charge is 0.394 e. The molecule has 0 bridgehead atoms. The Hall–Kier alpha value is 0.490. The lowest BCUT2D eigenvalue weighted by atomic mass is 10.1. The molecule has 0 unspecified atom stereocenters. The second-order valence-electron chi connectivity index (χ2n) is 4.39. The summed E-state index contributed by atoms with van der Waals surface area (Å²) < 4.78 is 33.4. The third-order valence-electron chi connectivity index (χ3n) is 3.09. The Morgan fingerprint density at radius 3 is 2.55 bits per heavy atom. The van der Waals surface area contributed by atoms with Crippen molar-refractivity contribution in [2.45, 2.75) is 23.8 Å². The van der Waals surface area contributed by atoms with Crippen molar-refractivity contribution >= 4 is 53.2 Å². The van der Waals surface area contributed by atoms with Gasteiger partial charge in [0.05, 0.1) is 26.9 Å². The minimum Gasteiger partial charge on any atom is -0.394 e. The van der Waals surface area contributed by atoms with Crippen molar-refractivity contribution in [3.63, 3.8) is 0 Å². The van der Waals surface area contributed by atoms with Gasteiger partial charge in [0.1, 0.15) is 4.90 Å². The van der Waals surface area contributed by atoms with Gasteiger partial charge in [-0.2, -0.15) is 4.31 Å². The third kappa shape index (κ3) is 3.82. The monoisotopic (exact) mass is 447 g/mol. The smallest absolute Gasteiger partial charge is 0.245 e. The van der Waals surface area contributed by atoms with Crippen LogP contribution in [0.3, 0.4) is 0 Å². The fourth-order valence-corrected chi connectivity index (χ4v) is 7.33. The first kappa shape index (κ1) is 16.9. The minimum absolute atomic E-state index is 0.00557. The fraction of sp³-hybridized carbons (Fsp3) is 0.636. The molecule has 0 amide bonds. The number of halogens is 2. The molecule has 1 aliphatic rings. The summed E-state index contributed by atoms with van der Waals surface area (Å²) in [6.45, 7) is 1.19. The molecule has 0 radical (unpaired) electrons. The van der Waals surface area contributed by atoms with Crippen molar-refractivity contribution in [3.05, 3.63) is 13.6 Å². The first-order valence-electron chi connectivity index (χ1n) is 6.12. The third-order valence-corrected chi connectivity index (χ3v) is 7.74. The van der Waals surface area contributed by atoms with E-state index in [0.717, 1.165) is 3.79 Å². The summed E-state index contributed by atoms with van der Waals surface area (Å²) in [7, 11) is -3.45. The molecular formula is C11H15Br2NO4S2. The van der Waals surface area contributed by atoms with Crippen molar-refractivity contribution in [3.8, 4) is 0 Å². The van der Waals surface area contributed by atoms with Crippen LogP contribution in [0.4, 0.5) is 0 Å². The van der Waals surface area contributed by atoms with Gasteiger partial charge in [0.15, 0.2) is 0 Å². The first-order chi connectivity index (χ1) is 9.45. The molecule has 5 nitrogen and oxygen atoms in total. The predicted octanol–water partition coefficient (Wildman–Crippen LogP) is 2.44. The van der Waals surface area contributed by atoms with Crippen LogP contribution >= 0.6 is 43.2 Å². The van der Waals surface area contributed by atoms with Gasteiger partial charge >= 0.3 is 0 Å². The van der Waals surface area contributed by atoms with E-state index in [4.69, 9.17) is 9.84 Å². The summed E-state index contributed by atoms with van der Waals surface area (Å²) in [5, 5.41) is 8.72. The van der Waals surface area contributed by atoms with E-state index in [1.807, 2.05) is 0 Å². The number of aliphatic hydroxyl groups excluding tert-OH is 1. The van der Waals surface area contributed by atoms with Crippen LogP contribution in [0.25, 0.3) is 0 Å². The lowest BCUT2D eigenvalue weighted by molar-refractivity contribution is 0.00318. The Labute approximate surface area is 139 Å². The second-order valence-corrected chi connectivity index (χ2v) is 10.0. The van der Waals surface area contributed by atoms with Crippen LogP contribution in [0, 0.1) is 0 Å². The Morgan fingerprint density at radius 2 is 2.05 bits per heavy atom. The number of rotatable bonds is 5. The maximum absolute atomic E-state index is 12.5. The molecule has 20 heavy (non-hydrogen) atoms. The summed E-state index contributed by atoms with van der Waals surface area (Å²) >= 11 is 7.94. The molecule has 1 saturated heterocycles. The Morgan fingerprint density at radius 1 is 1.40 bits per heavy atom. The van der Waals surface area contributed by atoms with Gasteiger partial charge in [0.2, 0.25) is 10.0 Å². The molecule has 2 rings (SSSR count). The highest BCUT2D eigenvalue weighted by Crippen LogP contribution is 2.36. The number of thiophene rings is 1. The number of piperidine rings is 1. The van der Waals surface area contributed by atoms with E-state index in [2.05, 4.69) is 31.9 Å². The van der Waals surface area contributed by atoms with E-state index in [1.54, 1.807) is 6.07 Å². The Bertz CT molecular complexity index is 553. The van der Waals surface area contributed by atoms with Crippen LogP contribution in [-0.4, -0.2) is 50.2 Å². The van der Waals surface area contributed by atoms with E-state index < -0.39 is 10.0 Å². The summed E-state index contributed by atoms with van der Waals surface area (Å²) in [4.78, 5) is 0.309. The molecule has 0 aliphatic carbocycles. The quantitative estimate of drug-likeness (QED) is 0.751. The number of sulfonamides is 1. The van der Waals surface area contributed by atoms with Crippen LogP contribution in [0.5, 0.6) is 0 Å². The van der Waals surface area contributed by atoms with Gasteiger partial charge in [-0.25, -0.2) is 8.42 Å². The molecule has 1 aromatic rings. The Kier molecular flexibility index (Phi) is 6.04. The molecule has 1 N–H and O–H groups in total. The lowest BCUT2D eigenvalue weighted by Gasteiger charge is -2.30. The molecule has 1 aliphatic heterocycles. The average molecular weight is 449 g/mol. The molecule has 0 atom stereocenters. The number of hydrogen-bond donors (Lipinski definition) is 1. The van der Waals surface area contributed by atoms with Crippen LogP contribution < -0.4 is 0 Å². The van der Waals surface area contributed by atoms with Gasteiger partial charge in [-0.15, -0.1) is 11.3 Å². The van der Waals surface area contributed by atoms with E-state index >= 15 is 0 Å². The molecule has 1 fully saturated rings. The van der Waals surface area contributed by atoms with Crippen LogP contribution in [0.2, 0.25) is 0 Å². The van der Waals surface area contributed by atoms with E-state index in [1.165, 1.54) is 15.6 Å². The molecule has 2 heterocycles. The van der Waals surface area contributed by atoms with E-state index in [0.29, 0.717) is 41.2 Å². The zero-order valence-corrected chi connectivity index (χ0v) is 15.4. The van der Waals surface area contributed by atoms with Crippen molar-refractivity contribution in [1.82, 2.24) is 4.31 Å². The highest BCUT2D eigenvalue weighted by Gasteiger charge is 2.31. The standard InChI is InChI=1S/C11H15Br2NO4S2/c12-10-7-9(11(13)19-10)20(16,17)14-3-1-8(2-4-14)18-6-5-15/h7-8,15H,1-6H2. The number of ether oxygens (including phenoxy) is 1. The number of aliphatic hydroxyl groups is 1. The highest BCUT2D eigenvalue weighted by molar-refractivity contribution is 9.12. The summed E-state index contributed by atoms with van der Waals surface area (Å²) in [6, 6.07) is 1.62. The molecular weight excluding hydrogens is 434 g/mol. The number of nitrogens with zero attached hydrogens (tertiary/aromatic N) is 1. The zero-order chi connectivity index (χ0) is 14.8. The van der Waals surface area contributed by atoms with Gasteiger partial charge in [0, 0.05) is 13.1 Å². The molecule has 0 spiro atoms. The van der Waals surface area contributed by atoms with Crippen LogP contribution in [0.15, 0.2) is 18.5 Å². The SMILES string of the molecule is O=S(=O)(c1cc(Br)sc1Br)N1CCC(OCCO)CC1. The maximum Gasteiger partial charge on any atom is 0.245 e. The van der Waals surface area contributed by atoms with Crippen molar-refractivity contribution in [2.75, 3.05) is 26.3 Å². The molecule has 0 aromatic carbocycles. The molecule has 0 saturated carbocycles. The first-order valence-corrected chi connectivity index (χ1v) is 9.97. The normalized spacial score (nSPS) is 18.6. The highest BCUT2D eigenvalue weighted by atomic mass is 79.9. The van der Waals surface area contributed by atoms with Crippen LogP contribution in [-0.2, 0) is 14.8 Å².